The molecule has 2 saturated heterocycles. The van der Waals surface area contributed by atoms with Gasteiger partial charge < -0.3 is 9.80 Å². The lowest BCUT2D eigenvalue weighted by Gasteiger charge is -2.30. The summed E-state index contributed by atoms with van der Waals surface area (Å²) in [5.41, 5.74) is 7.14. The van der Waals surface area contributed by atoms with Gasteiger partial charge in [0.05, 0.1) is 0 Å². The normalized spacial score (nSPS) is 17.5. The predicted molar refractivity (Wildman–Crippen MR) is 111 cm³/mol. The summed E-state index contributed by atoms with van der Waals surface area (Å²) in [6.07, 6.45) is 7.30. The standard InChI is InChI=1S/C19H29N9/c1-14-13-16(21-15(2)20-14)25-26-17-22-18(27-9-5-3-6-10-27)24-19(23-17)28-11-7-4-8-12-28/h13H,3-12H2,1-2H3,(H,20,21,25)(H,22,23,24,26). The molecule has 0 radical (unpaired) electrons. The van der Waals surface area contributed by atoms with Crippen molar-refractivity contribution in [1.82, 2.24) is 24.9 Å². The Labute approximate surface area is 166 Å². The second-order valence-electron chi connectivity index (χ2n) is 7.55. The van der Waals surface area contributed by atoms with E-state index < -0.39 is 0 Å². The number of nitrogens with one attached hydrogen (secondary N) is 2. The monoisotopic (exact) mass is 383 g/mol. The number of anilines is 4. The van der Waals surface area contributed by atoms with Crippen LogP contribution in [0.25, 0.3) is 0 Å². The van der Waals surface area contributed by atoms with Crippen LogP contribution in [0.5, 0.6) is 0 Å². The van der Waals surface area contributed by atoms with Crippen LogP contribution in [0, 0.1) is 13.8 Å². The molecule has 2 N–H and O–H groups in total. The van der Waals surface area contributed by atoms with Crippen molar-refractivity contribution in [3.05, 3.63) is 17.6 Å². The van der Waals surface area contributed by atoms with E-state index in [0.29, 0.717) is 11.8 Å². The second kappa shape index (κ2) is 8.53. The van der Waals surface area contributed by atoms with Crippen molar-refractivity contribution in [2.24, 2.45) is 0 Å². The molecule has 2 aromatic heterocycles. The Morgan fingerprint density at radius 1 is 0.679 bits per heavy atom. The molecule has 2 aromatic rings. The Hall–Kier alpha value is -2.71. The molecule has 0 unspecified atom stereocenters. The van der Waals surface area contributed by atoms with Crippen LogP contribution in [0.15, 0.2) is 6.07 Å². The van der Waals surface area contributed by atoms with Crippen molar-refractivity contribution < 1.29 is 0 Å². The number of hydrogen-bond donors (Lipinski definition) is 2. The summed E-state index contributed by atoms with van der Waals surface area (Å²) >= 11 is 0. The molecule has 9 heteroatoms. The minimum Gasteiger partial charge on any atom is -0.341 e. The van der Waals surface area contributed by atoms with E-state index in [1.54, 1.807) is 0 Å². The number of piperidine rings is 2. The molecule has 28 heavy (non-hydrogen) atoms. The molecule has 2 aliphatic heterocycles. The first-order valence-electron chi connectivity index (χ1n) is 10.3. The minimum absolute atomic E-state index is 0.519. The van der Waals surface area contributed by atoms with Gasteiger partial charge >= 0.3 is 0 Å². The second-order valence-corrected chi connectivity index (χ2v) is 7.55. The highest BCUT2D eigenvalue weighted by Crippen LogP contribution is 2.22. The topological polar surface area (TPSA) is 95.0 Å². The third-order valence-electron chi connectivity index (χ3n) is 5.16. The van der Waals surface area contributed by atoms with Crippen LogP contribution in [-0.4, -0.2) is 51.1 Å². The van der Waals surface area contributed by atoms with E-state index in [1.165, 1.54) is 38.5 Å². The summed E-state index contributed by atoms with van der Waals surface area (Å²) < 4.78 is 0. The maximum absolute atomic E-state index is 4.80. The van der Waals surface area contributed by atoms with Crippen molar-refractivity contribution >= 4 is 23.7 Å². The van der Waals surface area contributed by atoms with Crippen LogP contribution in [-0.2, 0) is 0 Å². The van der Waals surface area contributed by atoms with E-state index in [4.69, 9.17) is 4.98 Å². The lowest BCUT2D eigenvalue weighted by atomic mass is 10.1. The van der Waals surface area contributed by atoms with Crippen molar-refractivity contribution in [2.45, 2.75) is 52.4 Å². The molecule has 150 valence electrons. The van der Waals surface area contributed by atoms with E-state index in [0.717, 1.165) is 49.6 Å². The lowest BCUT2D eigenvalue weighted by molar-refractivity contribution is 0.556. The maximum atomic E-state index is 4.80. The van der Waals surface area contributed by atoms with Gasteiger partial charge in [-0.1, -0.05) is 0 Å². The van der Waals surface area contributed by atoms with Crippen LogP contribution >= 0.6 is 0 Å². The number of hydrogen-bond acceptors (Lipinski definition) is 9. The van der Waals surface area contributed by atoms with Crippen molar-refractivity contribution in [1.29, 1.82) is 0 Å². The molecular weight excluding hydrogens is 354 g/mol. The Kier molecular flexibility index (Phi) is 5.68. The zero-order valence-electron chi connectivity index (χ0n) is 16.8. The molecule has 0 atom stereocenters. The molecule has 9 nitrogen and oxygen atoms in total. The van der Waals surface area contributed by atoms with Crippen LogP contribution in [0.4, 0.5) is 23.7 Å². The fourth-order valence-corrected chi connectivity index (χ4v) is 3.78. The number of nitrogens with zero attached hydrogens (tertiary/aromatic N) is 7. The van der Waals surface area contributed by atoms with Gasteiger partial charge in [-0.15, -0.1) is 0 Å². The largest absolute Gasteiger partial charge is 0.341 e. The fraction of sp³-hybridized carbons (Fsp3) is 0.632. The van der Waals surface area contributed by atoms with Gasteiger partial charge in [0, 0.05) is 37.9 Å². The highest BCUT2D eigenvalue weighted by molar-refractivity contribution is 5.49. The summed E-state index contributed by atoms with van der Waals surface area (Å²) in [6.45, 7) is 7.83. The van der Waals surface area contributed by atoms with Crippen molar-refractivity contribution in [3.8, 4) is 0 Å². The third kappa shape index (κ3) is 4.58. The first kappa shape index (κ1) is 18.6. The smallest absolute Gasteiger partial charge is 0.248 e. The van der Waals surface area contributed by atoms with Crippen LogP contribution in [0.1, 0.15) is 50.0 Å². The Morgan fingerprint density at radius 2 is 1.25 bits per heavy atom. The van der Waals surface area contributed by atoms with Crippen LogP contribution in [0.3, 0.4) is 0 Å². The number of rotatable bonds is 5. The highest BCUT2D eigenvalue weighted by atomic mass is 15.5. The van der Waals surface area contributed by atoms with Crippen molar-refractivity contribution in [2.75, 3.05) is 46.8 Å². The summed E-state index contributed by atoms with van der Waals surface area (Å²) in [5.74, 6) is 3.46. The van der Waals surface area contributed by atoms with Gasteiger partial charge in [-0.05, 0) is 52.4 Å². The fourth-order valence-electron chi connectivity index (χ4n) is 3.78. The first-order valence-corrected chi connectivity index (χ1v) is 10.3. The summed E-state index contributed by atoms with van der Waals surface area (Å²) in [4.78, 5) is 27.4. The molecule has 0 aromatic carbocycles. The third-order valence-corrected chi connectivity index (χ3v) is 5.16. The van der Waals surface area contributed by atoms with E-state index in [2.05, 4.69) is 40.6 Å². The quantitative estimate of drug-likeness (QED) is 0.756. The number of aryl methyl sites for hydroxylation is 2. The highest BCUT2D eigenvalue weighted by Gasteiger charge is 2.20. The minimum atomic E-state index is 0.519. The van der Waals surface area contributed by atoms with E-state index in [1.807, 2.05) is 19.9 Å². The van der Waals surface area contributed by atoms with E-state index in [-0.39, 0.29) is 0 Å². The Morgan fingerprint density at radius 3 is 1.79 bits per heavy atom. The van der Waals surface area contributed by atoms with Crippen molar-refractivity contribution in [3.63, 3.8) is 0 Å². The van der Waals surface area contributed by atoms with Crippen LogP contribution < -0.4 is 20.7 Å². The number of hydrazine groups is 1. The molecule has 0 spiro atoms. The van der Waals surface area contributed by atoms with Gasteiger partial charge in [0.1, 0.15) is 11.6 Å². The van der Waals surface area contributed by atoms with Gasteiger partial charge in [0.2, 0.25) is 17.8 Å². The zero-order chi connectivity index (χ0) is 19.3. The van der Waals surface area contributed by atoms with Gasteiger partial charge in [-0.25, -0.2) is 9.97 Å². The van der Waals surface area contributed by atoms with Gasteiger partial charge in [-0.3, -0.25) is 10.9 Å². The molecule has 0 bridgehead atoms. The zero-order valence-corrected chi connectivity index (χ0v) is 16.8. The molecule has 0 aliphatic carbocycles. The van der Waals surface area contributed by atoms with Gasteiger partial charge in [0.25, 0.3) is 0 Å². The van der Waals surface area contributed by atoms with E-state index >= 15 is 0 Å². The molecule has 4 rings (SSSR count). The first-order chi connectivity index (χ1) is 13.7. The van der Waals surface area contributed by atoms with Gasteiger partial charge in [0.15, 0.2) is 0 Å². The summed E-state index contributed by atoms with van der Waals surface area (Å²) in [6, 6.07) is 1.89. The average Bonchev–Trinajstić information content (AvgIpc) is 2.73. The number of aromatic nitrogens is 5. The molecule has 2 fully saturated rings. The van der Waals surface area contributed by atoms with E-state index in [9.17, 15) is 0 Å². The molecule has 0 amide bonds. The lowest BCUT2D eigenvalue weighted by Crippen LogP contribution is -2.34. The Balaban J connectivity index is 1.57. The molecular formula is C19H29N9. The summed E-state index contributed by atoms with van der Waals surface area (Å²) in [7, 11) is 0. The summed E-state index contributed by atoms with van der Waals surface area (Å²) in [5, 5.41) is 0. The van der Waals surface area contributed by atoms with Gasteiger partial charge in [-0.2, -0.15) is 15.0 Å². The average molecular weight is 384 g/mol. The molecule has 0 saturated carbocycles. The molecule has 4 heterocycles. The maximum Gasteiger partial charge on any atom is 0.248 e. The molecule has 2 aliphatic rings. The Bertz CT molecular complexity index is 741. The predicted octanol–water partition coefficient (Wildman–Crippen LogP) is 2.70. The SMILES string of the molecule is Cc1cc(NNc2nc(N3CCCCC3)nc(N3CCCCC3)n2)nc(C)n1. The van der Waals surface area contributed by atoms with Crippen LogP contribution in [0.2, 0.25) is 0 Å².